The molecule has 1 heterocycles. The van der Waals surface area contributed by atoms with Crippen LogP contribution in [0.3, 0.4) is 0 Å². The number of fused-ring (bicyclic) bond motifs is 1. The van der Waals surface area contributed by atoms with Crippen molar-refractivity contribution in [3.8, 4) is 11.3 Å². The highest BCUT2D eigenvalue weighted by Gasteiger charge is 2.16. The van der Waals surface area contributed by atoms with Crippen LogP contribution in [0, 0.1) is 0 Å². The molecule has 0 spiro atoms. The summed E-state index contributed by atoms with van der Waals surface area (Å²) in [5, 5.41) is 3.44. The van der Waals surface area contributed by atoms with Gasteiger partial charge in [-0.15, -0.1) is 0 Å². The molecule has 2 aromatic carbocycles. The number of carbonyl (C=O) groups is 1. The number of hydrogen-bond acceptors (Lipinski definition) is 4. The molecule has 3 rings (SSSR count). The molecule has 0 aliphatic heterocycles. The lowest BCUT2D eigenvalue weighted by Gasteiger charge is -2.19. The Morgan fingerprint density at radius 3 is 2.52 bits per heavy atom. The largest absolute Gasteiger partial charge is 0.444 e. The predicted octanol–water partition coefficient (Wildman–Crippen LogP) is 3.94. The van der Waals surface area contributed by atoms with Crippen LogP contribution in [0.25, 0.3) is 22.2 Å². The van der Waals surface area contributed by atoms with Crippen molar-refractivity contribution in [2.45, 2.75) is 26.4 Å². The minimum Gasteiger partial charge on any atom is -0.444 e. The molecule has 2 N–H and O–H groups in total. The van der Waals surface area contributed by atoms with Crippen molar-refractivity contribution < 1.29 is 9.53 Å². The maximum atomic E-state index is 12.0. The van der Waals surface area contributed by atoms with Crippen molar-refractivity contribution in [1.82, 2.24) is 9.97 Å². The Morgan fingerprint density at radius 2 is 1.84 bits per heavy atom. The summed E-state index contributed by atoms with van der Waals surface area (Å²) in [4.78, 5) is 30.6. The van der Waals surface area contributed by atoms with E-state index in [1.54, 1.807) is 39.0 Å². The molecule has 0 atom stereocenters. The van der Waals surface area contributed by atoms with Gasteiger partial charge in [0.1, 0.15) is 5.60 Å². The first-order valence-electron chi connectivity index (χ1n) is 7.91. The molecule has 0 unspecified atom stereocenters. The van der Waals surface area contributed by atoms with E-state index >= 15 is 0 Å². The van der Waals surface area contributed by atoms with Gasteiger partial charge < -0.3 is 9.72 Å². The molecule has 0 saturated carbocycles. The number of benzene rings is 2. The molecule has 0 saturated heterocycles. The van der Waals surface area contributed by atoms with Crippen molar-refractivity contribution >= 4 is 22.7 Å². The van der Waals surface area contributed by atoms with Crippen LogP contribution in [-0.4, -0.2) is 21.7 Å². The van der Waals surface area contributed by atoms with E-state index in [1.165, 1.54) is 0 Å². The number of carbonyl (C=O) groups excluding carboxylic acids is 1. The lowest BCUT2D eigenvalue weighted by molar-refractivity contribution is 0.0636. The lowest BCUT2D eigenvalue weighted by Crippen LogP contribution is -2.27. The number of H-pyrrole nitrogens is 1. The van der Waals surface area contributed by atoms with Gasteiger partial charge in [0.15, 0.2) is 0 Å². The van der Waals surface area contributed by atoms with E-state index in [0.29, 0.717) is 16.9 Å². The number of rotatable bonds is 2. The van der Waals surface area contributed by atoms with Gasteiger partial charge >= 0.3 is 11.8 Å². The number of aromatic nitrogens is 2. The van der Waals surface area contributed by atoms with E-state index in [9.17, 15) is 9.59 Å². The Kier molecular flexibility index (Phi) is 4.27. The molecule has 6 nitrogen and oxygen atoms in total. The smallest absolute Gasteiger partial charge is 0.412 e. The molecule has 1 amide bonds. The first kappa shape index (κ1) is 16.7. The zero-order chi connectivity index (χ0) is 18.0. The van der Waals surface area contributed by atoms with Gasteiger partial charge in [0.05, 0.1) is 11.2 Å². The van der Waals surface area contributed by atoms with Crippen LogP contribution in [0.4, 0.5) is 10.5 Å². The number of amides is 1. The minimum atomic E-state index is -0.580. The van der Waals surface area contributed by atoms with E-state index in [4.69, 9.17) is 4.74 Å². The Labute approximate surface area is 144 Å². The maximum absolute atomic E-state index is 12.0. The summed E-state index contributed by atoms with van der Waals surface area (Å²) in [6.45, 7) is 5.40. The van der Waals surface area contributed by atoms with E-state index in [1.807, 2.05) is 30.3 Å². The minimum absolute atomic E-state index is 0.417. The first-order chi connectivity index (χ1) is 11.8. The average molecular weight is 337 g/mol. The van der Waals surface area contributed by atoms with Gasteiger partial charge in [-0.1, -0.05) is 30.3 Å². The number of anilines is 1. The monoisotopic (exact) mass is 337 g/mol. The van der Waals surface area contributed by atoms with E-state index in [2.05, 4.69) is 15.3 Å². The summed E-state index contributed by atoms with van der Waals surface area (Å²) in [7, 11) is 0. The van der Waals surface area contributed by atoms with E-state index < -0.39 is 17.4 Å². The Balaban J connectivity index is 2.03. The zero-order valence-corrected chi connectivity index (χ0v) is 14.3. The molecule has 0 bridgehead atoms. The summed E-state index contributed by atoms with van der Waals surface area (Å²) >= 11 is 0. The molecule has 128 valence electrons. The van der Waals surface area contributed by atoms with Gasteiger partial charge in [0, 0.05) is 16.6 Å². The first-order valence-corrected chi connectivity index (χ1v) is 7.91. The molecule has 6 heteroatoms. The number of nitrogens with zero attached hydrogens (tertiary/aromatic N) is 1. The summed E-state index contributed by atoms with van der Waals surface area (Å²) in [6, 6.07) is 14.6. The quantitative estimate of drug-likeness (QED) is 0.742. The van der Waals surface area contributed by atoms with Crippen LogP contribution in [0.1, 0.15) is 20.8 Å². The third-order valence-electron chi connectivity index (χ3n) is 3.42. The van der Waals surface area contributed by atoms with Crippen LogP contribution in [0.15, 0.2) is 53.3 Å². The predicted molar refractivity (Wildman–Crippen MR) is 97.7 cm³/mol. The fraction of sp³-hybridized carbons (Fsp3) is 0.211. The highest BCUT2D eigenvalue weighted by Crippen LogP contribution is 2.26. The fourth-order valence-corrected chi connectivity index (χ4v) is 2.47. The third kappa shape index (κ3) is 4.03. The van der Waals surface area contributed by atoms with Crippen molar-refractivity contribution in [2.24, 2.45) is 0 Å². The second-order valence-electron chi connectivity index (χ2n) is 6.64. The van der Waals surface area contributed by atoms with Gasteiger partial charge in [-0.05, 0) is 39.0 Å². The van der Waals surface area contributed by atoms with Crippen molar-refractivity contribution in [3.63, 3.8) is 0 Å². The molecule has 0 aliphatic rings. The van der Waals surface area contributed by atoms with Crippen LogP contribution in [-0.2, 0) is 4.74 Å². The second-order valence-corrected chi connectivity index (χ2v) is 6.64. The average Bonchev–Trinajstić information content (AvgIpc) is 2.53. The van der Waals surface area contributed by atoms with Crippen molar-refractivity contribution in [2.75, 3.05) is 5.32 Å². The number of hydrogen-bond donors (Lipinski definition) is 2. The second kappa shape index (κ2) is 6.39. The van der Waals surface area contributed by atoms with Gasteiger partial charge in [0.25, 0.3) is 0 Å². The molecule has 25 heavy (non-hydrogen) atoms. The van der Waals surface area contributed by atoms with Crippen LogP contribution in [0.2, 0.25) is 0 Å². The Bertz CT molecular complexity index is 973. The maximum Gasteiger partial charge on any atom is 0.412 e. The molecule has 3 aromatic rings. The summed E-state index contributed by atoms with van der Waals surface area (Å²) in [6.07, 6.45) is -0.537. The highest BCUT2D eigenvalue weighted by molar-refractivity contribution is 5.96. The highest BCUT2D eigenvalue weighted by atomic mass is 16.6. The molecule has 0 fully saturated rings. The van der Waals surface area contributed by atoms with Crippen molar-refractivity contribution in [1.29, 1.82) is 0 Å². The number of ether oxygens (including phenoxy) is 1. The lowest BCUT2D eigenvalue weighted by atomic mass is 10.1. The molecule has 0 aliphatic carbocycles. The van der Waals surface area contributed by atoms with Gasteiger partial charge in [-0.3, -0.25) is 5.32 Å². The van der Waals surface area contributed by atoms with Gasteiger partial charge in [-0.25, -0.2) is 9.59 Å². The molecular weight excluding hydrogens is 318 g/mol. The summed E-state index contributed by atoms with van der Waals surface area (Å²) in [5.41, 5.74) is 1.60. The number of nitrogens with one attached hydrogen (secondary N) is 2. The zero-order valence-electron chi connectivity index (χ0n) is 14.3. The number of aromatic amines is 1. The molecular formula is C19H19N3O3. The summed E-state index contributed by atoms with van der Waals surface area (Å²) < 4.78 is 5.26. The van der Waals surface area contributed by atoms with Crippen LogP contribution in [0.5, 0.6) is 0 Å². The van der Waals surface area contributed by atoms with Crippen LogP contribution < -0.4 is 11.0 Å². The topological polar surface area (TPSA) is 84.1 Å². The SMILES string of the molecule is CC(C)(C)OC(=O)Nc1ccc2[nH]c(=O)nc(-c3ccccc3)c2c1. The van der Waals surface area contributed by atoms with E-state index in [0.717, 1.165) is 10.9 Å². The standard InChI is InChI=1S/C19H19N3O3/c1-19(2,3)25-18(24)20-13-9-10-15-14(11-13)16(22-17(23)21-15)12-7-5-4-6-8-12/h4-11H,1-3H3,(H,20,24)(H,21,22,23). The Morgan fingerprint density at radius 1 is 1.12 bits per heavy atom. The third-order valence-corrected chi connectivity index (χ3v) is 3.42. The molecule has 1 aromatic heterocycles. The molecule has 0 radical (unpaired) electrons. The van der Waals surface area contributed by atoms with Gasteiger partial charge in [-0.2, -0.15) is 4.98 Å². The van der Waals surface area contributed by atoms with Crippen LogP contribution >= 0.6 is 0 Å². The fourth-order valence-electron chi connectivity index (χ4n) is 2.47. The van der Waals surface area contributed by atoms with E-state index in [-0.39, 0.29) is 0 Å². The Hall–Kier alpha value is -3.15. The van der Waals surface area contributed by atoms with Crippen molar-refractivity contribution in [3.05, 3.63) is 59.0 Å². The van der Waals surface area contributed by atoms with Gasteiger partial charge in [0.2, 0.25) is 0 Å². The normalized spacial score (nSPS) is 11.3. The summed E-state index contributed by atoms with van der Waals surface area (Å²) in [5.74, 6) is 0.